The van der Waals surface area contributed by atoms with E-state index >= 15 is 0 Å². The van der Waals surface area contributed by atoms with E-state index in [0.717, 1.165) is 0 Å². The Balaban J connectivity index is 1.87. The van der Waals surface area contributed by atoms with Crippen molar-refractivity contribution in [3.63, 3.8) is 0 Å². The molecule has 0 amide bonds. The van der Waals surface area contributed by atoms with Gasteiger partial charge in [0.1, 0.15) is 11.5 Å². The lowest BCUT2D eigenvalue weighted by Gasteiger charge is -2.43. The average Bonchev–Trinajstić information content (AvgIpc) is 2.63. The lowest BCUT2D eigenvalue weighted by atomic mass is 10.1. The third-order valence-corrected chi connectivity index (χ3v) is 6.86. The van der Waals surface area contributed by atoms with Gasteiger partial charge in [-0.15, -0.1) is 0 Å². The van der Waals surface area contributed by atoms with Crippen molar-refractivity contribution in [2.75, 3.05) is 13.2 Å². The van der Waals surface area contributed by atoms with E-state index in [4.69, 9.17) is 14.2 Å². The summed E-state index contributed by atoms with van der Waals surface area (Å²) in [5.74, 6) is 0.0732. The first kappa shape index (κ1) is 19.8. The van der Waals surface area contributed by atoms with Crippen molar-refractivity contribution < 1.29 is 32.8 Å². The summed E-state index contributed by atoms with van der Waals surface area (Å²) in [7, 11) is -4.17. The highest BCUT2D eigenvalue weighted by atomic mass is 32.2. The summed E-state index contributed by atoms with van der Waals surface area (Å²) in [6.07, 6.45) is -2.17. The van der Waals surface area contributed by atoms with Gasteiger partial charge in [0.2, 0.25) is 0 Å². The van der Waals surface area contributed by atoms with E-state index in [0.29, 0.717) is 11.5 Å². The van der Waals surface area contributed by atoms with Crippen molar-refractivity contribution >= 4 is 9.84 Å². The lowest BCUT2D eigenvalue weighted by Crippen LogP contribution is -2.62. The van der Waals surface area contributed by atoms with Gasteiger partial charge in [0.05, 0.1) is 18.1 Å². The third-order valence-electron chi connectivity index (χ3n) is 4.45. The van der Waals surface area contributed by atoms with Crippen LogP contribution in [0.5, 0.6) is 11.5 Å². The molecule has 2 N–H and O–H groups in total. The van der Waals surface area contributed by atoms with E-state index in [2.05, 4.69) is 0 Å². The molecule has 146 valence electrons. The molecule has 0 atom stereocenters. The fraction of sp³-hybridized carbons (Fsp3) is 0.368. The Morgan fingerprint density at radius 2 is 1.44 bits per heavy atom. The van der Waals surface area contributed by atoms with Crippen LogP contribution < -0.4 is 4.74 Å². The summed E-state index contributed by atoms with van der Waals surface area (Å²) in [5, 5.41) is 19.7. The number of rotatable bonds is 5. The molecule has 1 saturated heterocycles. The Hall–Kier alpha value is -1.97. The summed E-state index contributed by atoms with van der Waals surface area (Å²) < 4.78 is 40.7. The Labute approximate surface area is 158 Å². The maximum Gasteiger partial charge on any atom is 0.193 e. The first-order valence-electron chi connectivity index (χ1n) is 8.38. The molecule has 0 spiro atoms. The molecule has 2 aromatic carbocycles. The molecule has 0 bridgehead atoms. The highest BCUT2D eigenvalue weighted by molar-refractivity contribution is 7.93. The number of ether oxygens (including phenoxy) is 3. The quantitative estimate of drug-likeness (QED) is 0.749. The lowest BCUT2D eigenvalue weighted by molar-refractivity contribution is -0.277. The zero-order valence-electron chi connectivity index (χ0n) is 15.0. The van der Waals surface area contributed by atoms with Crippen molar-refractivity contribution in [1.29, 1.82) is 0 Å². The van der Waals surface area contributed by atoms with Crippen LogP contribution in [0.1, 0.15) is 13.8 Å². The molecule has 0 aliphatic carbocycles. The molecule has 7 nitrogen and oxygen atoms in total. The zero-order valence-corrected chi connectivity index (χ0v) is 15.8. The number of hydrogen-bond donors (Lipinski definition) is 2. The minimum Gasteiger partial charge on any atom is -0.457 e. The molecule has 27 heavy (non-hydrogen) atoms. The monoisotopic (exact) mass is 394 g/mol. The van der Waals surface area contributed by atoms with Gasteiger partial charge in [-0.05, 0) is 50.2 Å². The molecular formula is C19H22O7S. The molecule has 0 aromatic heterocycles. The predicted molar refractivity (Wildman–Crippen MR) is 97.1 cm³/mol. The van der Waals surface area contributed by atoms with Crippen LogP contribution in [0.25, 0.3) is 0 Å². The number of sulfone groups is 1. The van der Waals surface area contributed by atoms with Crippen molar-refractivity contribution in [2.24, 2.45) is 0 Å². The summed E-state index contributed by atoms with van der Waals surface area (Å²) in [4.78, 5) is -0.0806. The normalized spacial score (nSPS) is 19.0. The van der Waals surface area contributed by atoms with Crippen molar-refractivity contribution in [3.8, 4) is 11.5 Å². The molecule has 3 rings (SSSR count). The number of benzene rings is 2. The highest BCUT2D eigenvalue weighted by Gasteiger charge is 2.55. The molecular weight excluding hydrogens is 372 g/mol. The van der Waals surface area contributed by atoms with Crippen LogP contribution in [-0.2, 0) is 19.3 Å². The number of hydrogen-bond acceptors (Lipinski definition) is 7. The van der Waals surface area contributed by atoms with Crippen LogP contribution in [0.3, 0.4) is 0 Å². The molecule has 1 aliphatic rings. The fourth-order valence-electron chi connectivity index (χ4n) is 2.66. The minimum atomic E-state index is -4.17. The van der Waals surface area contributed by atoms with Crippen LogP contribution in [0, 0.1) is 0 Å². The number of aliphatic hydroxyl groups excluding tert-OH is 1. The van der Waals surface area contributed by atoms with Gasteiger partial charge >= 0.3 is 0 Å². The molecule has 0 saturated carbocycles. The van der Waals surface area contributed by atoms with Crippen LogP contribution >= 0.6 is 0 Å². The molecule has 8 heteroatoms. The topological polar surface area (TPSA) is 102 Å². The maximum atomic E-state index is 13.1. The number of aliphatic hydroxyl groups is 2. The Morgan fingerprint density at radius 1 is 0.926 bits per heavy atom. The van der Waals surface area contributed by atoms with E-state index in [1.54, 1.807) is 26.0 Å². The minimum absolute atomic E-state index is 0.0806. The fourth-order valence-corrected chi connectivity index (χ4v) is 4.33. The standard InChI is InChI=1S/C19H22O7S/c1-18(2)24-12-19(13-25-18,17(20)21)27(22,23)16-10-8-15(9-11-16)26-14-6-4-3-5-7-14/h3-11,17,20-21H,12-13H2,1-2H3. The van der Waals surface area contributed by atoms with E-state index in [1.165, 1.54) is 24.3 Å². The maximum absolute atomic E-state index is 13.1. The Morgan fingerprint density at radius 3 is 1.96 bits per heavy atom. The Kier molecular flexibility index (Phi) is 5.29. The summed E-state index contributed by atoms with van der Waals surface area (Å²) in [5.41, 5.74) is 0. The van der Waals surface area contributed by atoms with Crippen molar-refractivity contribution in [1.82, 2.24) is 0 Å². The molecule has 1 aliphatic heterocycles. The summed E-state index contributed by atoms with van der Waals surface area (Å²) in [6, 6.07) is 14.8. The van der Waals surface area contributed by atoms with E-state index in [1.807, 2.05) is 18.2 Å². The van der Waals surface area contributed by atoms with Gasteiger partial charge < -0.3 is 24.4 Å². The van der Waals surface area contributed by atoms with E-state index < -0.39 is 39.9 Å². The average molecular weight is 394 g/mol. The van der Waals surface area contributed by atoms with Crippen molar-refractivity contribution in [2.45, 2.75) is 35.6 Å². The van der Waals surface area contributed by atoms with Gasteiger partial charge in [0, 0.05) is 0 Å². The van der Waals surface area contributed by atoms with Gasteiger partial charge in [0.15, 0.2) is 26.7 Å². The largest absolute Gasteiger partial charge is 0.457 e. The highest BCUT2D eigenvalue weighted by Crippen LogP contribution is 2.36. The Bertz CT molecular complexity index is 864. The van der Waals surface area contributed by atoms with Gasteiger partial charge in [-0.3, -0.25) is 0 Å². The molecule has 0 unspecified atom stereocenters. The second-order valence-electron chi connectivity index (χ2n) is 6.81. The van der Waals surface area contributed by atoms with E-state index in [-0.39, 0.29) is 4.90 Å². The van der Waals surface area contributed by atoms with Gasteiger partial charge in [-0.2, -0.15) is 0 Å². The molecule has 0 radical (unpaired) electrons. The van der Waals surface area contributed by atoms with Gasteiger partial charge in [-0.25, -0.2) is 8.42 Å². The van der Waals surface area contributed by atoms with Crippen molar-refractivity contribution in [3.05, 3.63) is 54.6 Å². The van der Waals surface area contributed by atoms with Gasteiger partial charge in [0.25, 0.3) is 0 Å². The van der Waals surface area contributed by atoms with Crippen LogP contribution in [0.15, 0.2) is 59.5 Å². The van der Waals surface area contributed by atoms with E-state index in [9.17, 15) is 18.6 Å². The number of para-hydroxylation sites is 1. The van der Waals surface area contributed by atoms with Crippen LogP contribution in [0.2, 0.25) is 0 Å². The van der Waals surface area contributed by atoms with Gasteiger partial charge in [-0.1, -0.05) is 18.2 Å². The second kappa shape index (κ2) is 7.21. The predicted octanol–water partition coefficient (Wildman–Crippen LogP) is 2.08. The second-order valence-corrected chi connectivity index (χ2v) is 9.10. The molecule has 2 aromatic rings. The summed E-state index contributed by atoms with van der Waals surface area (Å²) in [6.45, 7) is 2.45. The first-order valence-corrected chi connectivity index (χ1v) is 9.86. The van der Waals surface area contributed by atoms with Crippen LogP contribution in [-0.4, -0.2) is 48.7 Å². The first-order chi connectivity index (χ1) is 12.7. The molecule has 1 fully saturated rings. The van der Waals surface area contributed by atoms with Crippen LogP contribution in [0.4, 0.5) is 0 Å². The summed E-state index contributed by atoms with van der Waals surface area (Å²) >= 11 is 0. The molecule has 1 heterocycles. The zero-order chi connectivity index (χ0) is 19.7. The smallest absolute Gasteiger partial charge is 0.193 e. The third kappa shape index (κ3) is 3.85. The SMILES string of the molecule is CC1(C)OCC(C(O)O)(S(=O)(=O)c2ccc(Oc3ccccc3)cc2)CO1.